The summed E-state index contributed by atoms with van der Waals surface area (Å²) in [6, 6.07) is 7.58. The van der Waals surface area contributed by atoms with Crippen LogP contribution >= 0.6 is 0 Å². The summed E-state index contributed by atoms with van der Waals surface area (Å²) in [4.78, 5) is 4.03. The zero-order valence-corrected chi connectivity index (χ0v) is 16.7. The van der Waals surface area contributed by atoms with Crippen molar-refractivity contribution in [1.82, 2.24) is 10.3 Å². The Labute approximate surface area is 167 Å². The van der Waals surface area contributed by atoms with Gasteiger partial charge in [0.15, 0.2) is 11.2 Å². The van der Waals surface area contributed by atoms with E-state index in [1.54, 1.807) is 6.07 Å². The lowest BCUT2D eigenvalue weighted by atomic mass is 9.76. The number of halogens is 1. The normalized spacial score (nSPS) is 17.4. The molecule has 11 heteroatoms. The fourth-order valence-electron chi connectivity index (χ4n) is 3.07. The Morgan fingerprint density at radius 1 is 1.52 bits per heavy atom. The number of benzene rings is 1. The minimum absolute atomic E-state index is 0.102. The highest BCUT2D eigenvalue weighted by molar-refractivity contribution is 7.91. The summed E-state index contributed by atoms with van der Waals surface area (Å²) in [7, 11) is -2.49. The van der Waals surface area contributed by atoms with Gasteiger partial charge in [-0.25, -0.2) is 9.02 Å². The Balaban J connectivity index is 1.55. The fraction of sp³-hybridized carbons (Fsp3) is 0.444. The van der Waals surface area contributed by atoms with Crippen LogP contribution in [0.15, 0.2) is 28.0 Å². The molecule has 0 saturated heterocycles. The highest BCUT2D eigenvalue weighted by Crippen LogP contribution is 2.37. The SMILES string of the molecule is CS(=N)(=O)CCCCNc1nonc1/C(=N/O)[N+]#CC[C@H]1Cc2ccc(F)cc21. The molecule has 154 valence electrons. The maximum atomic E-state index is 13.3. The van der Waals surface area contributed by atoms with E-state index < -0.39 is 9.73 Å². The van der Waals surface area contributed by atoms with E-state index in [0.717, 1.165) is 17.5 Å². The number of oxime groups is 1. The second kappa shape index (κ2) is 9.00. The van der Waals surface area contributed by atoms with Crippen LogP contribution in [0.25, 0.3) is 4.85 Å². The summed E-state index contributed by atoms with van der Waals surface area (Å²) in [6.07, 6.45) is 3.99. The minimum atomic E-state index is -2.49. The van der Waals surface area contributed by atoms with E-state index in [1.165, 1.54) is 18.4 Å². The second-order valence-electron chi connectivity index (χ2n) is 6.95. The van der Waals surface area contributed by atoms with Crippen molar-refractivity contribution < 1.29 is 18.4 Å². The van der Waals surface area contributed by atoms with Crippen molar-refractivity contribution in [3.8, 4) is 6.07 Å². The molecule has 1 aliphatic carbocycles. The summed E-state index contributed by atoms with van der Waals surface area (Å²) in [5.74, 6) is 0.354. The van der Waals surface area contributed by atoms with Crippen LogP contribution in [0, 0.1) is 16.7 Å². The molecule has 0 radical (unpaired) electrons. The van der Waals surface area contributed by atoms with Gasteiger partial charge in [-0.1, -0.05) is 6.07 Å². The predicted octanol–water partition coefficient (Wildman–Crippen LogP) is 3.28. The first-order chi connectivity index (χ1) is 13.9. The van der Waals surface area contributed by atoms with Crippen molar-refractivity contribution in [2.75, 3.05) is 23.9 Å². The summed E-state index contributed by atoms with van der Waals surface area (Å²) in [5, 5.41) is 22.8. The molecule has 0 aliphatic heterocycles. The van der Waals surface area contributed by atoms with E-state index >= 15 is 0 Å². The van der Waals surface area contributed by atoms with E-state index in [1.807, 2.05) is 0 Å². The lowest BCUT2D eigenvalue weighted by molar-refractivity contribution is 0.305. The van der Waals surface area contributed by atoms with Crippen LogP contribution in [0.3, 0.4) is 0 Å². The van der Waals surface area contributed by atoms with Gasteiger partial charge in [0.2, 0.25) is 5.82 Å². The smallest absolute Gasteiger partial charge is 0.365 e. The number of rotatable bonds is 8. The van der Waals surface area contributed by atoms with Crippen LogP contribution in [-0.4, -0.2) is 44.1 Å². The van der Waals surface area contributed by atoms with Crippen molar-refractivity contribution >= 4 is 21.4 Å². The Bertz CT molecular complexity index is 1070. The predicted molar refractivity (Wildman–Crippen MR) is 107 cm³/mol. The van der Waals surface area contributed by atoms with E-state index in [-0.39, 0.29) is 29.1 Å². The molecule has 0 fully saturated rings. The molecule has 1 heterocycles. The van der Waals surface area contributed by atoms with Crippen LogP contribution < -0.4 is 5.32 Å². The number of nitrogens with one attached hydrogen (secondary N) is 2. The molecule has 2 aromatic rings. The number of fused-ring (bicyclic) bond motifs is 1. The van der Waals surface area contributed by atoms with Gasteiger partial charge in [0, 0.05) is 34.2 Å². The zero-order valence-electron chi connectivity index (χ0n) is 15.9. The first-order valence-electron chi connectivity index (χ1n) is 9.09. The molecule has 3 rings (SSSR count). The largest absolute Gasteiger partial charge is 0.501 e. The summed E-state index contributed by atoms with van der Waals surface area (Å²) < 4.78 is 36.8. The van der Waals surface area contributed by atoms with Gasteiger partial charge in [0.05, 0.1) is 6.42 Å². The molecule has 9 nitrogen and oxygen atoms in total. The third-order valence-corrected chi connectivity index (χ3v) is 5.65. The Morgan fingerprint density at radius 2 is 2.34 bits per heavy atom. The zero-order chi connectivity index (χ0) is 20.9. The molecular formula is C18H22FN6O3S+. The van der Waals surface area contributed by atoms with Gasteiger partial charge < -0.3 is 10.5 Å². The lowest BCUT2D eigenvalue weighted by Crippen LogP contribution is -2.16. The standard InChI is InChI=1S/C18H21FN6O3S/c1-29(20,27)9-3-2-7-21-18-16(24-28-25-18)17(23-26)22-8-6-13-10-12-4-5-14(19)11-15(12)13/h4-5,11,13,20H,2-3,6-7,9-10H2,1H3,(H-,21,25,26)/p+1/b23-17-/t13-,29?/m0/s1. The van der Waals surface area contributed by atoms with Crippen LogP contribution in [0.2, 0.25) is 0 Å². The van der Waals surface area contributed by atoms with E-state index in [4.69, 9.17) is 9.41 Å². The Hall–Kier alpha value is -3.00. The topological polar surface area (TPSA) is 129 Å². The van der Waals surface area contributed by atoms with Crippen molar-refractivity contribution in [3.63, 3.8) is 0 Å². The number of nitrogens with zero attached hydrogens (tertiary/aromatic N) is 4. The number of hydrogen-bond donors (Lipinski definition) is 3. The monoisotopic (exact) mass is 421 g/mol. The van der Waals surface area contributed by atoms with Crippen LogP contribution in [0.1, 0.15) is 42.0 Å². The molecule has 0 spiro atoms. The van der Waals surface area contributed by atoms with Gasteiger partial charge in [-0.3, -0.25) is 8.99 Å². The van der Waals surface area contributed by atoms with Gasteiger partial charge in [0.1, 0.15) is 5.82 Å². The van der Waals surface area contributed by atoms with E-state index in [0.29, 0.717) is 31.6 Å². The highest BCUT2D eigenvalue weighted by atomic mass is 32.2. The Kier molecular flexibility index (Phi) is 6.43. The average Bonchev–Trinajstić information content (AvgIpc) is 3.11. The van der Waals surface area contributed by atoms with Crippen molar-refractivity contribution in [2.45, 2.75) is 31.6 Å². The molecule has 1 unspecified atom stereocenters. The molecule has 2 atom stereocenters. The molecule has 1 aromatic heterocycles. The van der Waals surface area contributed by atoms with Crippen molar-refractivity contribution in [3.05, 3.63) is 45.7 Å². The van der Waals surface area contributed by atoms with Gasteiger partial charge in [-0.15, -0.1) is 4.85 Å². The Morgan fingerprint density at radius 3 is 3.10 bits per heavy atom. The van der Waals surface area contributed by atoms with E-state index in [9.17, 15) is 13.8 Å². The van der Waals surface area contributed by atoms with Crippen molar-refractivity contribution in [1.29, 1.82) is 4.78 Å². The first kappa shape index (κ1) is 20.7. The van der Waals surface area contributed by atoms with E-state index in [2.05, 4.69) is 31.7 Å². The number of amidine groups is 1. The molecule has 0 saturated carbocycles. The first-order valence-corrected chi connectivity index (χ1v) is 11.2. The molecule has 1 aromatic carbocycles. The van der Waals surface area contributed by atoms with Crippen LogP contribution in [0.4, 0.5) is 10.2 Å². The van der Waals surface area contributed by atoms with Gasteiger partial charge >= 0.3 is 5.84 Å². The van der Waals surface area contributed by atoms with Crippen LogP contribution in [0.5, 0.6) is 0 Å². The quantitative estimate of drug-likeness (QED) is 0.197. The molecule has 0 bridgehead atoms. The third-order valence-electron chi connectivity index (χ3n) is 4.58. The summed E-state index contributed by atoms with van der Waals surface area (Å²) >= 11 is 0. The highest BCUT2D eigenvalue weighted by Gasteiger charge is 2.28. The number of aromatic nitrogens is 2. The maximum Gasteiger partial charge on any atom is 0.501 e. The molecule has 0 amide bonds. The average molecular weight is 421 g/mol. The van der Waals surface area contributed by atoms with Gasteiger partial charge in [-0.05, 0) is 52.8 Å². The van der Waals surface area contributed by atoms with Gasteiger partial charge in [0.25, 0.3) is 5.69 Å². The molecular weight excluding hydrogens is 399 g/mol. The number of hydrogen-bond acceptors (Lipinski definition) is 8. The number of unbranched alkanes of at least 4 members (excludes halogenated alkanes) is 1. The summed E-state index contributed by atoms with van der Waals surface area (Å²) in [6.45, 7) is 0.493. The van der Waals surface area contributed by atoms with Gasteiger partial charge in [-0.2, -0.15) is 0 Å². The third kappa shape index (κ3) is 5.51. The molecule has 3 N–H and O–H groups in total. The minimum Gasteiger partial charge on any atom is -0.365 e. The van der Waals surface area contributed by atoms with Crippen LogP contribution in [-0.2, 0) is 16.1 Å². The molecule has 29 heavy (non-hydrogen) atoms. The van der Waals surface area contributed by atoms with Crippen molar-refractivity contribution in [2.24, 2.45) is 5.16 Å². The maximum absolute atomic E-state index is 13.3. The molecule has 1 aliphatic rings. The fourth-order valence-corrected chi connectivity index (χ4v) is 3.83. The number of anilines is 1. The second-order valence-corrected chi connectivity index (χ2v) is 9.36. The lowest BCUT2D eigenvalue weighted by Gasteiger charge is -2.27. The summed E-state index contributed by atoms with van der Waals surface area (Å²) in [5.41, 5.74) is 2.20.